The van der Waals surface area contributed by atoms with E-state index in [1.54, 1.807) is 6.92 Å². The Morgan fingerprint density at radius 2 is 2.16 bits per heavy atom. The van der Waals surface area contributed by atoms with Crippen LogP contribution in [0.1, 0.15) is 25.3 Å². The molecular formula is C13H17ClN2O2S. The van der Waals surface area contributed by atoms with Crippen LogP contribution < -0.4 is 10.5 Å². The van der Waals surface area contributed by atoms with Crippen molar-refractivity contribution in [1.29, 1.82) is 0 Å². The van der Waals surface area contributed by atoms with Gasteiger partial charge in [-0.25, -0.2) is 13.1 Å². The van der Waals surface area contributed by atoms with Gasteiger partial charge in [0.2, 0.25) is 10.0 Å². The molecule has 1 aromatic rings. The molecule has 0 fully saturated rings. The summed E-state index contributed by atoms with van der Waals surface area (Å²) >= 11 is 5.92. The first-order valence-electron chi connectivity index (χ1n) is 5.83. The number of nitrogens with two attached hydrogens (primary N) is 1. The molecule has 1 unspecified atom stereocenters. The van der Waals surface area contributed by atoms with Gasteiger partial charge >= 0.3 is 0 Å². The maximum Gasteiger partial charge on any atom is 0.240 e. The Balaban J connectivity index is 3.11. The molecule has 4 nitrogen and oxygen atoms in total. The molecule has 0 radical (unpaired) electrons. The fourth-order valence-corrected chi connectivity index (χ4v) is 3.16. The van der Waals surface area contributed by atoms with E-state index in [0.717, 1.165) is 0 Å². The zero-order chi connectivity index (χ0) is 14.6. The number of nitrogens with one attached hydrogen (secondary N) is 1. The highest BCUT2D eigenvalue weighted by Crippen LogP contribution is 2.26. The van der Waals surface area contributed by atoms with Gasteiger partial charge in [0.25, 0.3) is 0 Å². The molecule has 0 saturated heterocycles. The van der Waals surface area contributed by atoms with Crippen LogP contribution in [0.2, 0.25) is 5.02 Å². The average Bonchev–Trinajstić information content (AvgIpc) is 2.34. The minimum atomic E-state index is -3.64. The predicted molar refractivity (Wildman–Crippen MR) is 78.5 cm³/mol. The number of rotatable bonds is 5. The summed E-state index contributed by atoms with van der Waals surface area (Å²) in [6.45, 7) is 3.57. The van der Waals surface area contributed by atoms with Crippen LogP contribution in [0, 0.1) is 19.3 Å². The van der Waals surface area contributed by atoms with Crippen molar-refractivity contribution >= 4 is 27.3 Å². The lowest BCUT2D eigenvalue weighted by Crippen LogP contribution is -2.34. The molecule has 1 rings (SSSR count). The minimum Gasteiger partial charge on any atom is -0.397 e. The topological polar surface area (TPSA) is 72.2 Å². The van der Waals surface area contributed by atoms with E-state index in [9.17, 15) is 8.42 Å². The summed E-state index contributed by atoms with van der Waals surface area (Å²) in [6.07, 6.45) is 6.17. The summed E-state index contributed by atoms with van der Waals surface area (Å²) in [5, 5.41) is 0.370. The van der Waals surface area contributed by atoms with Gasteiger partial charge in [-0.1, -0.05) is 18.5 Å². The fourth-order valence-electron chi connectivity index (χ4n) is 1.62. The molecule has 0 heterocycles. The first-order valence-corrected chi connectivity index (χ1v) is 7.69. The number of nitrogen functional groups attached to an aromatic ring is 1. The first-order chi connectivity index (χ1) is 8.81. The van der Waals surface area contributed by atoms with Gasteiger partial charge in [-0.3, -0.25) is 0 Å². The van der Waals surface area contributed by atoms with Crippen LogP contribution in [0.3, 0.4) is 0 Å². The quantitative estimate of drug-likeness (QED) is 0.647. The molecule has 0 bridgehead atoms. The Kier molecular flexibility index (Phi) is 5.24. The molecule has 0 aromatic heterocycles. The molecule has 0 aliphatic rings. The Hall–Kier alpha value is -1.22. The second kappa shape index (κ2) is 6.29. The van der Waals surface area contributed by atoms with Crippen molar-refractivity contribution in [2.24, 2.45) is 0 Å². The Labute approximate surface area is 119 Å². The molecule has 104 valence electrons. The van der Waals surface area contributed by atoms with Crippen LogP contribution in [0.15, 0.2) is 17.0 Å². The molecule has 0 aliphatic carbocycles. The molecule has 6 heteroatoms. The van der Waals surface area contributed by atoms with Crippen LogP contribution >= 0.6 is 11.6 Å². The lowest BCUT2D eigenvalue weighted by atomic mass is 10.2. The third kappa shape index (κ3) is 3.87. The van der Waals surface area contributed by atoms with Crippen molar-refractivity contribution in [3.05, 3.63) is 22.7 Å². The second-order valence-electron chi connectivity index (χ2n) is 4.28. The van der Waals surface area contributed by atoms with E-state index in [4.69, 9.17) is 23.8 Å². The number of anilines is 1. The summed E-state index contributed by atoms with van der Waals surface area (Å²) < 4.78 is 27.0. The number of hydrogen-bond acceptors (Lipinski definition) is 3. The third-order valence-electron chi connectivity index (χ3n) is 2.75. The highest BCUT2D eigenvalue weighted by Gasteiger charge is 2.20. The Bertz CT molecular complexity index is 583. The molecule has 0 aliphatic heterocycles. The molecule has 19 heavy (non-hydrogen) atoms. The molecule has 0 spiro atoms. The third-order valence-corrected chi connectivity index (χ3v) is 4.76. The van der Waals surface area contributed by atoms with E-state index in [0.29, 0.717) is 23.4 Å². The molecule has 0 saturated carbocycles. The van der Waals surface area contributed by atoms with Gasteiger partial charge in [0.15, 0.2) is 0 Å². The van der Waals surface area contributed by atoms with Gasteiger partial charge in [-0.15, -0.1) is 12.3 Å². The average molecular weight is 301 g/mol. The monoisotopic (exact) mass is 300 g/mol. The number of hydrogen-bond donors (Lipinski definition) is 2. The van der Waals surface area contributed by atoms with E-state index in [-0.39, 0.29) is 16.6 Å². The van der Waals surface area contributed by atoms with Crippen molar-refractivity contribution in [3.63, 3.8) is 0 Å². The van der Waals surface area contributed by atoms with Crippen molar-refractivity contribution in [3.8, 4) is 12.3 Å². The van der Waals surface area contributed by atoms with Gasteiger partial charge in [-0.05, 0) is 31.0 Å². The Morgan fingerprint density at radius 1 is 1.53 bits per heavy atom. The van der Waals surface area contributed by atoms with Crippen LogP contribution in [-0.4, -0.2) is 14.5 Å². The van der Waals surface area contributed by atoms with Gasteiger partial charge in [0, 0.05) is 12.5 Å². The molecular weight excluding hydrogens is 284 g/mol. The van der Waals surface area contributed by atoms with Gasteiger partial charge in [-0.2, -0.15) is 0 Å². The van der Waals surface area contributed by atoms with Crippen molar-refractivity contribution in [2.75, 3.05) is 5.73 Å². The van der Waals surface area contributed by atoms with Crippen molar-refractivity contribution in [2.45, 2.75) is 37.6 Å². The summed E-state index contributed by atoms with van der Waals surface area (Å²) in [4.78, 5) is 0.0994. The number of terminal acetylenes is 1. The van der Waals surface area contributed by atoms with Crippen LogP contribution in [0.4, 0.5) is 5.69 Å². The normalized spacial score (nSPS) is 12.9. The molecule has 1 atom stereocenters. The van der Waals surface area contributed by atoms with Crippen LogP contribution in [-0.2, 0) is 10.0 Å². The predicted octanol–water partition coefficient (Wildman–Crippen LogP) is 2.31. The number of benzene rings is 1. The maximum absolute atomic E-state index is 12.2. The van der Waals surface area contributed by atoms with E-state index in [2.05, 4.69) is 10.6 Å². The smallest absolute Gasteiger partial charge is 0.240 e. The summed E-state index contributed by atoms with van der Waals surface area (Å²) in [5.41, 5.74) is 6.54. The van der Waals surface area contributed by atoms with E-state index in [1.165, 1.54) is 12.1 Å². The van der Waals surface area contributed by atoms with Gasteiger partial charge in [0.1, 0.15) is 0 Å². The lowest BCUT2D eigenvalue weighted by molar-refractivity contribution is 0.544. The van der Waals surface area contributed by atoms with Crippen LogP contribution in [0.5, 0.6) is 0 Å². The first kappa shape index (κ1) is 15.8. The summed E-state index contributed by atoms with van der Waals surface area (Å²) in [7, 11) is -3.64. The highest BCUT2D eigenvalue weighted by atomic mass is 35.5. The second-order valence-corrected chi connectivity index (χ2v) is 6.37. The van der Waals surface area contributed by atoms with Crippen LogP contribution in [0.25, 0.3) is 0 Å². The summed E-state index contributed by atoms with van der Waals surface area (Å²) in [6, 6.07) is 2.55. The lowest BCUT2D eigenvalue weighted by Gasteiger charge is -2.15. The number of halogens is 1. The standard InChI is InChI=1S/C13H17ClN2O2S/c1-4-6-10(5-2)16-19(17,18)11-7-9(3)13(14)12(15)8-11/h1,7-8,10,16H,5-6,15H2,2-3H3. The Morgan fingerprint density at radius 3 is 2.63 bits per heavy atom. The van der Waals surface area contributed by atoms with E-state index in [1.807, 2.05) is 6.92 Å². The molecule has 1 aromatic carbocycles. The minimum absolute atomic E-state index is 0.0994. The fraction of sp³-hybridized carbons (Fsp3) is 0.385. The number of aryl methyl sites for hydroxylation is 1. The highest BCUT2D eigenvalue weighted by molar-refractivity contribution is 7.89. The largest absolute Gasteiger partial charge is 0.397 e. The number of sulfonamides is 1. The van der Waals surface area contributed by atoms with Crippen molar-refractivity contribution < 1.29 is 8.42 Å². The van der Waals surface area contributed by atoms with E-state index < -0.39 is 10.0 Å². The zero-order valence-corrected chi connectivity index (χ0v) is 12.5. The van der Waals surface area contributed by atoms with Gasteiger partial charge in [0.05, 0.1) is 15.6 Å². The zero-order valence-electron chi connectivity index (χ0n) is 10.9. The molecule has 0 amide bonds. The van der Waals surface area contributed by atoms with E-state index >= 15 is 0 Å². The van der Waals surface area contributed by atoms with Gasteiger partial charge < -0.3 is 5.73 Å². The summed E-state index contributed by atoms with van der Waals surface area (Å²) in [5.74, 6) is 2.45. The SMILES string of the molecule is C#CCC(CC)NS(=O)(=O)c1cc(C)c(Cl)c(N)c1. The van der Waals surface area contributed by atoms with Crippen molar-refractivity contribution in [1.82, 2.24) is 4.72 Å². The maximum atomic E-state index is 12.2. The molecule has 3 N–H and O–H groups in total.